The van der Waals surface area contributed by atoms with Crippen LogP contribution in [0.5, 0.6) is 0 Å². The van der Waals surface area contributed by atoms with Crippen LogP contribution in [-0.2, 0) is 25.7 Å². The minimum absolute atomic E-state index is 0.0216. The molecule has 1 aliphatic rings. The molecule has 0 aromatic heterocycles. The minimum Gasteiger partial charge on any atom is -0.460 e. The Labute approximate surface area is 141 Å². The first kappa shape index (κ1) is 18.0. The van der Waals surface area contributed by atoms with Gasteiger partial charge in [-0.1, -0.05) is 51.1 Å². The number of hydrogen-bond donors (Lipinski definition) is 1. The molecule has 1 aromatic carbocycles. The molecule has 130 valence electrons. The lowest BCUT2D eigenvalue weighted by atomic mass is 9.86. The van der Waals surface area contributed by atoms with Crippen molar-refractivity contribution in [1.82, 2.24) is 5.32 Å². The molecule has 0 aliphatic carbocycles. The number of hydrogen-bond acceptors (Lipinski definition) is 5. The highest BCUT2D eigenvalue weighted by molar-refractivity contribution is 5.85. The SMILES string of the molecule is CC(C)(C)C(=O)C[C@@H]1OC(=O)C[C@@H]1NC(=O)OCc1ccccc1. The fraction of sp³-hybridized carbons (Fsp3) is 0.500. The van der Waals surface area contributed by atoms with E-state index < -0.39 is 29.6 Å². The molecule has 1 fully saturated rings. The summed E-state index contributed by atoms with van der Waals surface area (Å²) >= 11 is 0. The number of carbonyl (C=O) groups excluding carboxylic acids is 3. The van der Waals surface area contributed by atoms with Crippen molar-refractivity contribution in [2.24, 2.45) is 5.41 Å². The van der Waals surface area contributed by atoms with Crippen LogP contribution in [0.25, 0.3) is 0 Å². The zero-order chi connectivity index (χ0) is 17.7. The first-order chi connectivity index (χ1) is 11.3. The highest BCUT2D eigenvalue weighted by Crippen LogP contribution is 2.24. The van der Waals surface area contributed by atoms with Crippen molar-refractivity contribution in [3.05, 3.63) is 35.9 Å². The van der Waals surface area contributed by atoms with Crippen molar-refractivity contribution in [3.63, 3.8) is 0 Å². The molecule has 0 saturated carbocycles. The Morgan fingerprint density at radius 2 is 1.92 bits per heavy atom. The third-order valence-corrected chi connectivity index (χ3v) is 3.86. The van der Waals surface area contributed by atoms with E-state index in [1.54, 1.807) is 0 Å². The maximum atomic E-state index is 12.1. The molecule has 1 heterocycles. The third kappa shape index (κ3) is 5.08. The second-order valence-electron chi connectivity index (χ2n) is 6.92. The topological polar surface area (TPSA) is 81.7 Å². The Morgan fingerprint density at radius 3 is 2.54 bits per heavy atom. The number of ketones is 1. The van der Waals surface area contributed by atoms with Crippen molar-refractivity contribution in [3.8, 4) is 0 Å². The fourth-order valence-electron chi connectivity index (χ4n) is 2.34. The van der Waals surface area contributed by atoms with E-state index >= 15 is 0 Å². The first-order valence-electron chi connectivity index (χ1n) is 7.95. The van der Waals surface area contributed by atoms with Gasteiger partial charge in [-0.2, -0.15) is 0 Å². The summed E-state index contributed by atoms with van der Waals surface area (Å²) in [7, 11) is 0. The second-order valence-corrected chi connectivity index (χ2v) is 6.92. The zero-order valence-corrected chi connectivity index (χ0v) is 14.2. The van der Waals surface area contributed by atoms with Gasteiger partial charge in [-0.3, -0.25) is 9.59 Å². The third-order valence-electron chi connectivity index (χ3n) is 3.86. The molecular weight excluding hydrogens is 310 g/mol. The van der Waals surface area contributed by atoms with Crippen LogP contribution >= 0.6 is 0 Å². The predicted octanol–water partition coefficient (Wildman–Crippen LogP) is 2.60. The number of rotatable bonds is 5. The van der Waals surface area contributed by atoms with Gasteiger partial charge in [0.15, 0.2) is 0 Å². The van der Waals surface area contributed by atoms with Gasteiger partial charge in [0.05, 0.1) is 12.5 Å². The van der Waals surface area contributed by atoms with E-state index in [2.05, 4.69) is 5.32 Å². The van der Waals surface area contributed by atoms with Gasteiger partial charge in [0.1, 0.15) is 18.5 Å². The summed E-state index contributed by atoms with van der Waals surface area (Å²) in [4.78, 5) is 35.6. The molecular formula is C18H23NO5. The van der Waals surface area contributed by atoms with Crippen molar-refractivity contribution in [2.45, 2.75) is 52.4 Å². The number of carbonyl (C=O) groups is 3. The molecule has 0 bridgehead atoms. The Kier molecular flexibility index (Phi) is 5.59. The normalized spacial score (nSPS) is 20.4. The van der Waals surface area contributed by atoms with Crippen molar-refractivity contribution < 1.29 is 23.9 Å². The van der Waals surface area contributed by atoms with Gasteiger partial charge < -0.3 is 14.8 Å². The molecule has 1 amide bonds. The van der Waals surface area contributed by atoms with E-state index in [1.165, 1.54) is 0 Å². The molecule has 24 heavy (non-hydrogen) atoms. The summed E-state index contributed by atoms with van der Waals surface area (Å²) < 4.78 is 10.3. The van der Waals surface area contributed by atoms with Crippen LogP contribution in [0.3, 0.4) is 0 Å². The minimum atomic E-state index is -0.645. The number of Topliss-reactive ketones (excluding diaryl/α,β-unsaturated/α-hetero) is 1. The number of benzene rings is 1. The molecule has 0 spiro atoms. The van der Waals surface area contributed by atoms with Crippen LogP contribution in [0.1, 0.15) is 39.2 Å². The summed E-state index contributed by atoms with van der Waals surface area (Å²) in [5.74, 6) is -0.443. The van der Waals surface area contributed by atoms with E-state index in [1.807, 2.05) is 51.1 Å². The average molecular weight is 333 g/mol. The largest absolute Gasteiger partial charge is 0.460 e. The maximum Gasteiger partial charge on any atom is 0.407 e. The molecule has 6 nitrogen and oxygen atoms in total. The van der Waals surface area contributed by atoms with Crippen molar-refractivity contribution in [2.75, 3.05) is 0 Å². The van der Waals surface area contributed by atoms with E-state index in [9.17, 15) is 14.4 Å². The Bertz CT molecular complexity index is 606. The van der Waals surface area contributed by atoms with Gasteiger partial charge in [-0.25, -0.2) is 4.79 Å². The van der Waals surface area contributed by atoms with Crippen LogP contribution in [-0.4, -0.2) is 30.0 Å². The second kappa shape index (κ2) is 7.47. The van der Waals surface area contributed by atoms with Gasteiger partial charge in [-0.15, -0.1) is 0 Å². The lowest BCUT2D eigenvalue weighted by Crippen LogP contribution is -2.42. The Morgan fingerprint density at radius 1 is 1.25 bits per heavy atom. The number of alkyl carbamates (subject to hydrolysis) is 1. The van der Waals surface area contributed by atoms with Gasteiger partial charge in [0, 0.05) is 11.8 Å². The molecule has 0 unspecified atom stereocenters. The Hall–Kier alpha value is -2.37. The molecule has 6 heteroatoms. The van der Waals surface area contributed by atoms with Gasteiger partial charge >= 0.3 is 12.1 Å². The van der Waals surface area contributed by atoms with Gasteiger partial charge in [0.25, 0.3) is 0 Å². The molecule has 1 N–H and O–H groups in total. The molecule has 1 saturated heterocycles. The molecule has 2 atom stereocenters. The summed E-state index contributed by atoms with van der Waals surface area (Å²) in [5.41, 5.74) is 0.346. The van der Waals surface area contributed by atoms with Gasteiger partial charge in [-0.05, 0) is 5.56 Å². The molecule has 1 aliphatic heterocycles. The number of cyclic esters (lactones) is 1. The van der Waals surface area contributed by atoms with Crippen LogP contribution in [0, 0.1) is 5.41 Å². The van der Waals surface area contributed by atoms with Gasteiger partial charge in [0.2, 0.25) is 0 Å². The van der Waals surface area contributed by atoms with Crippen LogP contribution in [0.2, 0.25) is 0 Å². The highest BCUT2D eigenvalue weighted by atomic mass is 16.6. The Balaban J connectivity index is 1.88. The van der Waals surface area contributed by atoms with E-state index in [0.717, 1.165) is 5.56 Å². The number of nitrogens with one attached hydrogen (secondary N) is 1. The van der Waals surface area contributed by atoms with Crippen LogP contribution in [0.15, 0.2) is 30.3 Å². The quantitative estimate of drug-likeness (QED) is 0.838. The first-order valence-corrected chi connectivity index (χ1v) is 7.95. The maximum absolute atomic E-state index is 12.1. The number of ether oxygens (including phenoxy) is 2. The standard InChI is InChI=1S/C18H23NO5/c1-18(2,3)15(20)10-14-13(9-16(21)24-14)19-17(22)23-11-12-7-5-4-6-8-12/h4-8,13-14H,9-11H2,1-3H3,(H,19,22)/t13-,14-/m0/s1. The van der Waals surface area contributed by atoms with E-state index in [0.29, 0.717) is 0 Å². The summed E-state index contributed by atoms with van der Waals surface area (Å²) in [6.45, 7) is 5.56. The smallest absolute Gasteiger partial charge is 0.407 e. The lowest BCUT2D eigenvalue weighted by molar-refractivity contribution is -0.143. The summed E-state index contributed by atoms with van der Waals surface area (Å²) in [6.07, 6.45) is -1.15. The van der Waals surface area contributed by atoms with Crippen LogP contribution in [0.4, 0.5) is 4.79 Å². The number of esters is 1. The van der Waals surface area contributed by atoms with E-state index in [4.69, 9.17) is 9.47 Å². The zero-order valence-electron chi connectivity index (χ0n) is 14.2. The molecule has 1 aromatic rings. The van der Waals surface area contributed by atoms with Crippen molar-refractivity contribution in [1.29, 1.82) is 0 Å². The molecule has 2 rings (SSSR count). The van der Waals surface area contributed by atoms with Crippen LogP contribution < -0.4 is 5.32 Å². The highest BCUT2D eigenvalue weighted by Gasteiger charge is 2.39. The fourth-order valence-corrected chi connectivity index (χ4v) is 2.34. The summed E-state index contributed by atoms with van der Waals surface area (Å²) in [6, 6.07) is 8.73. The molecule has 0 radical (unpaired) electrons. The monoisotopic (exact) mass is 333 g/mol. The number of amides is 1. The van der Waals surface area contributed by atoms with E-state index in [-0.39, 0.29) is 25.2 Å². The lowest BCUT2D eigenvalue weighted by Gasteiger charge is -2.22. The predicted molar refractivity (Wildman–Crippen MR) is 87.1 cm³/mol. The van der Waals surface area contributed by atoms with Crippen molar-refractivity contribution >= 4 is 17.8 Å². The summed E-state index contributed by atoms with van der Waals surface area (Å²) in [5, 5.41) is 2.63. The average Bonchev–Trinajstić information content (AvgIpc) is 2.84.